The third kappa shape index (κ3) is 8.42. The second-order valence-electron chi connectivity index (χ2n) is 6.81. The van der Waals surface area contributed by atoms with Crippen LogP contribution in [0.15, 0.2) is 0 Å². The van der Waals surface area contributed by atoms with E-state index in [0.29, 0.717) is 0 Å². The maximum Gasteiger partial charge on any atom is 0.408 e. The summed E-state index contributed by atoms with van der Waals surface area (Å²) < 4.78 is 10.5. The fourth-order valence-corrected chi connectivity index (χ4v) is 2.39. The predicted octanol–water partition coefficient (Wildman–Crippen LogP) is 1.29. The molecule has 0 aromatic heterocycles. The van der Waals surface area contributed by atoms with Crippen molar-refractivity contribution in [1.29, 1.82) is 0 Å². The van der Waals surface area contributed by atoms with Crippen LogP contribution in [-0.2, 0) is 19.1 Å². The molecule has 0 heterocycles. The van der Waals surface area contributed by atoms with Crippen molar-refractivity contribution in [1.82, 2.24) is 5.32 Å². The summed E-state index contributed by atoms with van der Waals surface area (Å²) in [7, 11) is 0. The van der Waals surface area contributed by atoms with Crippen molar-refractivity contribution in [3.8, 4) is 0 Å². The molecule has 0 aromatic rings. The molecule has 0 aliphatic heterocycles. The van der Waals surface area contributed by atoms with Gasteiger partial charge in [-0.2, -0.15) is 0 Å². The van der Waals surface area contributed by atoms with Gasteiger partial charge in [0.1, 0.15) is 17.7 Å². The van der Waals surface area contributed by atoms with Crippen molar-refractivity contribution in [2.24, 2.45) is 0 Å². The van der Waals surface area contributed by atoms with E-state index in [9.17, 15) is 19.5 Å². The highest BCUT2D eigenvalue weighted by atomic mass is 16.6. The summed E-state index contributed by atoms with van der Waals surface area (Å²) in [6, 6.07) is -1.05. The first kappa shape index (κ1) is 19.3. The Labute approximate surface area is 136 Å². The van der Waals surface area contributed by atoms with Crippen LogP contribution in [0.4, 0.5) is 4.79 Å². The molecule has 1 N–H and O–H groups in total. The first-order valence-corrected chi connectivity index (χ1v) is 8.07. The Hall–Kier alpha value is -1.79. The lowest BCUT2D eigenvalue weighted by Gasteiger charge is -2.26. The fourth-order valence-electron chi connectivity index (χ4n) is 2.39. The minimum absolute atomic E-state index is 0.0901. The molecule has 7 nitrogen and oxygen atoms in total. The molecule has 1 saturated carbocycles. The minimum atomic E-state index is -1.29. The van der Waals surface area contributed by atoms with Crippen LogP contribution in [0.5, 0.6) is 0 Å². The summed E-state index contributed by atoms with van der Waals surface area (Å²) in [5.41, 5.74) is -0.712. The average Bonchev–Trinajstić information content (AvgIpc) is 2.42. The molecule has 0 aromatic carbocycles. The summed E-state index contributed by atoms with van der Waals surface area (Å²) in [4.78, 5) is 34.6. The van der Waals surface area contributed by atoms with Gasteiger partial charge in [0.05, 0.1) is 0 Å². The minimum Gasteiger partial charge on any atom is -0.550 e. The van der Waals surface area contributed by atoms with Crippen molar-refractivity contribution in [2.45, 2.75) is 83.5 Å². The number of carbonyl (C=O) groups is 3. The van der Waals surface area contributed by atoms with Gasteiger partial charge in [-0.25, -0.2) is 9.59 Å². The zero-order chi connectivity index (χ0) is 17.5. The van der Waals surface area contributed by atoms with Crippen molar-refractivity contribution >= 4 is 18.0 Å². The van der Waals surface area contributed by atoms with E-state index in [2.05, 4.69) is 5.32 Å². The van der Waals surface area contributed by atoms with Crippen LogP contribution < -0.4 is 10.4 Å². The van der Waals surface area contributed by atoms with Gasteiger partial charge in [-0.3, -0.25) is 0 Å². The molecule has 132 valence electrons. The molecular weight excluding hydrogens is 302 g/mol. The molecule has 1 amide bonds. The first-order chi connectivity index (χ1) is 10.7. The topological polar surface area (TPSA) is 105 Å². The van der Waals surface area contributed by atoms with E-state index >= 15 is 0 Å². The Bertz CT molecular complexity index is 423. The number of amides is 1. The fraction of sp³-hybridized carbons (Fsp3) is 0.812. The summed E-state index contributed by atoms with van der Waals surface area (Å²) in [6.07, 6.45) is 3.34. The number of esters is 1. The Kier molecular flexibility index (Phi) is 7.32. The van der Waals surface area contributed by atoms with Gasteiger partial charge in [0.25, 0.3) is 0 Å². The van der Waals surface area contributed by atoms with Gasteiger partial charge in [0.15, 0.2) is 0 Å². The van der Waals surface area contributed by atoms with Crippen molar-refractivity contribution in [2.75, 3.05) is 0 Å². The molecule has 0 radical (unpaired) electrons. The van der Waals surface area contributed by atoms with Gasteiger partial charge in [-0.15, -0.1) is 0 Å². The smallest absolute Gasteiger partial charge is 0.408 e. The van der Waals surface area contributed by atoms with Crippen molar-refractivity contribution in [3.05, 3.63) is 0 Å². The van der Waals surface area contributed by atoms with Crippen LogP contribution in [0, 0.1) is 0 Å². The van der Waals surface area contributed by atoms with E-state index in [1.165, 1.54) is 0 Å². The van der Waals surface area contributed by atoms with Crippen molar-refractivity contribution < 1.29 is 29.0 Å². The van der Waals surface area contributed by atoms with Gasteiger partial charge in [0, 0.05) is 5.97 Å². The maximum atomic E-state index is 12.2. The summed E-state index contributed by atoms with van der Waals surface area (Å²) in [5.74, 6) is -1.91. The van der Waals surface area contributed by atoms with E-state index in [1.54, 1.807) is 20.8 Å². The summed E-state index contributed by atoms with van der Waals surface area (Å²) in [6.45, 7) is 5.09. The van der Waals surface area contributed by atoms with Gasteiger partial charge in [-0.1, -0.05) is 6.42 Å². The van der Waals surface area contributed by atoms with Crippen LogP contribution in [0.25, 0.3) is 0 Å². The van der Waals surface area contributed by atoms with E-state index in [1.807, 2.05) is 0 Å². The van der Waals surface area contributed by atoms with E-state index in [0.717, 1.165) is 32.1 Å². The number of carboxylic acids is 1. The Morgan fingerprint density at radius 3 is 2.30 bits per heavy atom. The lowest BCUT2D eigenvalue weighted by atomic mass is 9.98. The summed E-state index contributed by atoms with van der Waals surface area (Å²) in [5, 5.41) is 13.0. The van der Waals surface area contributed by atoms with Crippen LogP contribution >= 0.6 is 0 Å². The van der Waals surface area contributed by atoms with Crippen LogP contribution in [0.3, 0.4) is 0 Å². The second-order valence-corrected chi connectivity index (χ2v) is 6.81. The quantitative estimate of drug-likeness (QED) is 0.737. The molecule has 0 unspecified atom stereocenters. The first-order valence-electron chi connectivity index (χ1n) is 8.07. The molecule has 0 spiro atoms. The Morgan fingerprint density at radius 2 is 1.78 bits per heavy atom. The Morgan fingerprint density at radius 1 is 1.17 bits per heavy atom. The highest BCUT2D eigenvalue weighted by Gasteiger charge is 2.28. The number of carboxylic acid groups (broad SMARTS) is 1. The molecule has 0 bridgehead atoms. The number of nitrogens with one attached hydrogen (secondary N) is 1. The zero-order valence-electron chi connectivity index (χ0n) is 14.1. The van der Waals surface area contributed by atoms with Gasteiger partial charge >= 0.3 is 12.1 Å². The Balaban J connectivity index is 2.60. The van der Waals surface area contributed by atoms with E-state index < -0.39 is 29.7 Å². The van der Waals surface area contributed by atoms with Gasteiger partial charge in [0.2, 0.25) is 0 Å². The number of aliphatic carboxylic acids is 1. The van der Waals surface area contributed by atoms with E-state index in [-0.39, 0.29) is 18.9 Å². The highest BCUT2D eigenvalue weighted by Crippen LogP contribution is 2.21. The monoisotopic (exact) mass is 328 g/mol. The third-order valence-electron chi connectivity index (χ3n) is 3.45. The molecule has 1 aliphatic rings. The molecule has 23 heavy (non-hydrogen) atoms. The normalized spacial score (nSPS) is 17.2. The number of hydrogen-bond acceptors (Lipinski definition) is 6. The SMILES string of the molecule is CC(C)(C)OC(=O)N[C@@H](CCC(=O)[O-])C(=O)OC1CCCCC1. The number of hydrogen-bond donors (Lipinski definition) is 1. The average molecular weight is 328 g/mol. The standard InChI is InChI=1S/C16H27NO6/c1-16(2,3)23-15(21)17-12(9-10-13(18)19)14(20)22-11-7-5-4-6-8-11/h11-12H,4-10H2,1-3H3,(H,17,21)(H,18,19)/p-1/t12-/m0/s1. The molecule has 7 heteroatoms. The number of alkyl carbamates (subject to hydrolysis) is 1. The lowest BCUT2D eigenvalue weighted by molar-refractivity contribution is -0.305. The number of ether oxygens (including phenoxy) is 2. The highest BCUT2D eigenvalue weighted by molar-refractivity contribution is 5.82. The largest absolute Gasteiger partial charge is 0.550 e. The number of rotatable bonds is 6. The molecule has 1 rings (SSSR count). The molecule has 0 saturated heterocycles. The third-order valence-corrected chi connectivity index (χ3v) is 3.45. The van der Waals surface area contributed by atoms with Crippen LogP contribution in [0.2, 0.25) is 0 Å². The second kappa shape index (κ2) is 8.74. The molecular formula is C16H26NO6-. The van der Waals surface area contributed by atoms with Crippen LogP contribution in [0.1, 0.15) is 65.7 Å². The molecule has 1 atom stereocenters. The predicted molar refractivity (Wildman–Crippen MR) is 80.4 cm³/mol. The van der Waals surface area contributed by atoms with Gasteiger partial charge < -0.3 is 24.7 Å². The molecule has 1 fully saturated rings. The number of carbonyl (C=O) groups excluding carboxylic acids is 3. The van der Waals surface area contributed by atoms with Crippen LogP contribution in [-0.4, -0.2) is 35.8 Å². The van der Waals surface area contributed by atoms with Crippen molar-refractivity contribution in [3.63, 3.8) is 0 Å². The van der Waals surface area contributed by atoms with E-state index in [4.69, 9.17) is 9.47 Å². The molecule has 1 aliphatic carbocycles. The maximum absolute atomic E-state index is 12.2. The lowest BCUT2D eigenvalue weighted by Crippen LogP contribution is -2.46. The summed E-state index contributed by atoms with van der Waals surface area (Å²) >= 11 is 0. The zero-order valence-corrected chi connectivity index (χ0v) is 14.1. The van der Waals surface area contributed by atoms with Gasteiger partial charge in [-0.05, 0) is 59.3 Å².